The highest BCUT2D eigenvalue weighted by Crippen LogP contribution is 2.34. The Balaban J connectivity index is 1.62. The van der Waals surface area contributed by atoms with Crippen molar-refractivity contribution in [3.8, 4) is 17.7 Å². The van der Waals surface area contributed by atoms with E-state index in [-0.39, 0.29) is 5.91 Å². The second kappa shape index (κ2) is 9.98. The molecule has 2 heterocycles. The first-order valence-corrected chi connectivity index (χ1v) is 11.3. The molecule has 1 aliphatic rings. The number of hydrogen-bond acceptors (Lipinski definition) is 7. The number of fused-ring (bicyclic) bond motifs is 1. The Bertz CT molecular complexity index is 1220. The first-order chi connectivity index (χ1) is 15.6. The summed E-state index contributed by atoms with van der Waals surface area (Å²) < 4.78 is 6.16. The zero-order valence-electron chi connectivity index (χ0n) is 17.5. The lowest BCUT2D eigenvalue weighted by atomic mass is 10.2. The fourth-order valence-corrected chi connectivity index (χ4v) is 4.20. The van der Waals surface area contributed by atoms with E-state index in [1.54, 1.807) is 43.3 Å². The van der Waals surface area contributed by atoms with Gasteiger partial charge in [0.2, 0.25) is 17.7 Å². The molecule has 0 saturated heterocycles. The van der Waals surface area contributed by atoms with Gasteiger partial charge >= 0.3 is 0 Å². The summed E-state index contributed by atoms with van der Waals surface area (Å²) >= 11 is 1.81. The van der Waals surface area contributed by atoms with Gasteiger partial charge in [0, 0.05) is 28.8 Å². The quantitative estimate of drug-likeness (QED) is 0.506. The molecular formula is C24H21N5O2S. The first-order valence-electron chi connectivity index (χ1n) is 10.1. The smallest absolute Gasteiger partial charge is 0.248 e. The van der Waals surface area contributed by atoms with E-state index < -0.39 is 0 Å². The van der Waals surface area contributed by atoms with Crippen molar-refractivity contribution in [3.63, 3.8) is 0 Å². The number of nitrogens with one attached hydrogen (secondary N) is 2. The Morgan fingerprint density at radius 1 is 1.19 bits per heavy atom. The van der Waals surface area contributed by atoms with Crippen LogP contribution in [0.2, 0.25) is 0 Å². The zero-order chi connectivity index (χ0) is 22.3. The molecule has 1 aliphatic heterocycles. The minimum atomic E-state index is -0.202. The molecule has 2 N–H and O–H groups in total. The standard InChI is InChI=1S/C24H21N5O2S/c1-2-5-22(30)26-18-8-4-9-19(13-18)31-23-20-15-32-11-10-21(20)28-24(29-23)27-17-7-3-6-16(12-17)14-25/h2-9,12-13H,10-11,15H2,1H3,(H,26,30)(H,27,28,29)/b5-2+. The fraction of sp³-hybridized carbons (Fsp3) is 0.167. The van der Waals surface area contributed by atoms with Crippen LogP contribution in [0.15, 0.2) is 60.7 Å². The second-order valence-corrected chi connectivity index (χ2v) is 8.12. The predicted octanol–water partition coefficient (Wildman–Crippen LogP) is 5.19. The largest absolute Gasteiger partial charge is 0.438 e. The van der Waals surface area contributed by atoms with E-state index in [0.29, 0.717) is 28.8 Å². The van der Waals surface area contributed by atoms with Crippen LogP contribution in [0, 0.1) is 11.3 Å². The molecule has 1 aromatic heterocycles. The maximum Gasteiger partial charge on any atom is 0.248 e. The lowest BCUT2D eigenvalue weighted by Crippen LogP contribution is -2.11. The van der Waals surface area contributed by atoms with Crippen LogP contribution in [0.5, 0.6) is 11.6 Å². The number of thioether (sulfide) groups is 1. The van der Waals surface area contributed by atoms with Crippen molar-refractivity contribution in [3.05, 3.63) is 77.5 Å². The van der Waals surface area contributed by atoms with Crippen molar-refractivity contribution in [2.75, 3.05) is 16.4 Å². The second-order valence-electron chi connectivity index (χ2n) is 7.02. The van der Waals surface area contributed by atoms with Crippen LogP contribution in [-0.2, 0) is 17.0 Å². The summed E-state index contributed by atoms with van der Waals surface area (Å²) in [7, 11) is 0. The number of anilines is 3. The SMILES string of the molecule is C/C=C/C(=O)Nc1cccc(Oc2nc(Nc3cccc(C#N)c3)nc3c2CSCC3)c1. The molecule has 0 unspecified atom stereocenters. The third kappa shape index (κ3) is 5.25. The number of carbonyl (C=O) groups is 1. The highest BCUT2D eigenvalue weighted by molar-refractivity contribution is 7.98. The Morgan fingerprint density at radius 3 is 2.88 bits per heavy atom. The molecule has 0 saturated carbocycles. The van der Waals surface area contributed by atoms with E-state index in [1.165, 1.54) is 6.08 Å². The zero-order valence-corrected chi connectivity index (χ0v) is 18.3. The number of carbonyl (C=O) groups excluding carboxylic acids is 1. The van der Waals surface area contributed by atoms with E-state index in [1.807, 2.05) is 30.0 Å². The third-order valence-corrected chi connectivity index (χ3v) is 5.65. The van der Waals surface area contributed by atoms with Crippen LogP contribution in [-0.4, -0.2) is 21.6 Å². The van der Waals surface area contributed by atoms with Crippen molar-refractivity contribution >= 4 is 35.0 Å². The number of ether oxygens (including phenoxy) is 1. The van der Waals surface area contributed by atoms with Gasteiger partial charge < -0.3 is 15.4 Å². The van der Waals surface area contributed by atoms with Gasteiger partial charge in [0.1, 0.15) is 5.75 Å². The molecule has 160 valence electrons. The van der Waals surface area contributed by atoms with E-state index in [4.69, 9.17) is 10.00 Å². The van der Waals surface area contributed by atoms with Crippen LogP contribution >= 0.6 is 11.8 Å². The molecule has 2 aromatic carbocycles. The Morgan fingerprint density at radius 2 is 2.03 bits per heavy atom. The number of nitrogens with zero attached hydrogens (tertiary/aromatic N) is 3. The Hall–Kier alpha value is -3.83. The number of amides is 1. The number of nitriles is 1. The van der Waals surface area contributed by atoms with Gasteiger partial charge in [-0.1, -0.05) is 18.2 Å². The van der Waals surface area contributed by atoms with Crippen molar-refractivity contribution < 1.29 is 9.53 Å². The number of aryl methyl sites for hydroxylation is 1. The lowest BCUT2D eigenvalue weighted by Gasteiger charge is -2.19. The van der Waals surface area contributed by atoms with E-state index in [2.05, 4.69) is 26.7 Å². The van der Waals surface area contributed by atoms with Gasteiger partial charge in [-0.3, -0.25) is 4.79 Å². The van der Waals surface area contributed by atoms with Crippen molar-refractivity contribution in [2.45, 2.75) is 19.1 Å². The summed E-state index contributed by atoms with van der Waals surface area (Å²) in [5.41, 5.74) is 3.84. The normalized spacial score (nSPS) is 12.6. The molecule has 3 aromatic rings. The van der Waals surface area contributed by atoms with Crippen molar-refractivity contribution in [1.29, 1.82) is 5.26 Å². The average molecular weight is 444 g/mol. The van der Waals surface area contributed by atoms with Gasteiger partial charge in [0.15, 0.2) is 0 Å². The van der Waals surface area contributed by atoms with E-state index >= 15 is 0 Å². The first kappa shape index (κ1) is 21.4. The summed E-state index contributed by atoms with van der Waals surface area (Å²) in [6.07, 6.45) is 3.97. The molecule has 8 heteroatoms. The summed E-state index contributed by atoms with van der Waals surface area (Å²) in [6, 6.07) is 16.5. The van der Waals surface area contributed by atoms with Gasteiger partial charge in [-0.15, -0.1) is 0 Å². The third-order valence-electron chi connectivity index (χ3n) is 4.67. The van der Waals surface area contributed by atoms with Crippen molar-refractivity contribution in [2.24, 2.45) is 0 Å². The van der Waals surface area contributed by atoms with Crippen LogP contribution in [0.1, 0.15) is 23.7 Å². The van der Waals surface area contributed by atoms with Crippen LogP contribution < -0.4 is 15.4 Å². The Labute approximate surface area is 190 Å². The van der Waals surface area contributed by atoms with E-state index in [9.17, 15) is 4.79 Å². The van der Waals surface area contributed by atoms with Gasteiger partial charge in [-0.2, -0.15) is 22.0 Å². The minimum absolute atomic E-state index is 0.202. The summed E-state index contributed by atoms with van der Waals surface area (Å²) in [5.74, 6) is 3.02. The minimum Gasteiger partial charge on any atom is -0.438 e. The molecule has 0 radical (unpaired) electrons. The fourth-order valence-electron chi connectivity index (χ4n) is 3.22. The maximum absolute atomic E-state index is 11.8. The van der Waals surface area contributed by atoms with Gasteiger partial charge in [0.25, 0.3) is 0 Å². The molecule has 32 heavy (non-hydrogen) atoms. The molecule has 4 rings (SSSR count). The van der Waals surface area contributed by atoms with Crippen molar-refractivity contribution in [1.82, 2.24) is 9.97 Å². The van der Waals surface area contributed by atoms with Gasteiger partial charge in [0.05, 0.1) is 17.3 Å². The summed E-state index contributed by atoms with van der Waals surface area (Å²) in [4.78, 5) is 21.1. The summed E-state index contributed by atoms with van der Waals surface area (Å²) in [6.45, 7) is 1.79. The Kier molecular flexibility index (Phi) is 6.68. The highest BCUT2D eigenvalue weighted by Gasteiger charge is 2.20. The number of aromatic nitrogens is 2. The molecule has 0 atom stereocenters. The molecule has 0 spiro atoms. The lowest BCUT2D eigenvalue weighted by molar-refractivity contribution is -0.111. The number of hydrogen-bond donors (Lipinski definition) is 2. The predicted molar refractivity (Wildman–Crippen MR) is 126 cm³/mol. The van der Waals surface area contributed by atoms with Gasteiger partial charge in [-0.05, 0) is 55.5 Å². The number of benzene rings is 2. The molecule has 0 aliphatic carbocycles. The molecule has 0 bridgehead atoms. The topological polar surface area (TPSA) is 99.9 Å². The molecule has 1 amide bonds. The molecule has 0 fully saturated rings. The van der Waals surface area contributed by atoms with Crippen LogP contribution in [0.3, 0.4) is 0 Å². The molecule has 7 nitrogen and oxygen atoms in total. The average Bonchev–Trinajstić information content (AvgIpc) is 2.79. The molecular weight excluding hydrogens is 422 g/mol. The van der Waals surface area contributed by atoms with Gasteiger partial charge in [-0.25, -0.2) is 4.98 Å². The van der Waals surface area contributed by atoms with Crippen LogP contribution in [0.4, 0.5) is 17.3 Å². The number of allylic oxidation sites excluding steroid dienone is 1. The highest BCUT2D eigenvalue weighted by atomic mass is 32.2. The van der Waals surface area contributed by atoms with Crippen LogP contribution in [0.25, 0.3) is 0 Å². The maximum atomic E-state index is 11.8. The van der Waals surface area contributed by atoms with E-state index in [0.717, 1.165) is 34.9 Å². The monoisotopic (exact) mass is 443 g/mol. The number of rotatable bonds is 6. The summed E-state index contributed by atoms with van der Waals surface area (Å²) in [5, 5.41) is 15.1.